The third-order valence-corrected chi connectivity index (χ3v) is 3.38. The van der Waals surface area contributed by atoms with Crippen molar-refractivity contribution in [3.63, 3.8) is 0 Å². The van der Waals surface area contributed by atoms with Crippen LogP contribution in [0.2, 0.25) is 0 Å². The van der Waals surface area contributed by atoms with Gasteiger partial charge in [-0.25, -0.2) is 28.5 Å². The second-order valence-electron chi connectivity index (χ2n) is 5.23. The number of benzene rings is 1. The Labute approximate surface area is 151 Å². The van der Waals surface area contributed by atoms with Crippen LogP contribution in [0.25, 0.3) is 11.2 Å². The number of nitrogens with one attached hydrogen (secondary N) is 3. The average molecular weight is 401 g/mol. The van der Waals surface area contributed by atoms with Gasteiger partial charge in [0.1, 0.15) is 17.8 Å². The highest BCUT2D eigenvalue weighted by atomic mass is 19.4. The molecule has 0 saturated heterocycles. The fraction of sp³-hybridized carbons (Fsp3) is 0.0714. The van der Waals surface area contributed by atoms with Crippen LogP contribution in [0.5, 0.6) is 0 Å². The highest BCUT2D eigenvalue weighted by Gasteiger charge is 2.35. The summed E-state index contributed by atoms with van der Waals surface area (Å²) in [5.41, 5.74) is 2.51. The number of fused-ring (bicyclic) bond motifs is 1. The van der Waals surface area contributed by atoms with Crippen LogP contribution in [0.15, 0.2) is 18.5 Å². The number of hydrogen-bond donors (Lipinski definition) is 4. The molecule has 3 aromatic rings. The third kappa shape index (κ3) is 3.51. The molecule has 0 saturated carbocycles. The molecule has 0 aliphatic rings. The Morgan fingerprint density at radius 1 is 1.11 bits per heavy atom. The summed E-state index contributed by atoms with van der Waals surface area (Å²) in [6, 6.07) is 0.216. The molecule has 9 nitrogen and oxygen atoms in total. The number of alkyl halides is 3. The molecule has 0 spiro atoms. The van der Waals surface area contributed by atoms with E-state index >= 15 is 0 Å². The molecule has 146 valence electrons. The third-order valence-electron chi connectivity index (χ3n) is 3.38. The van der Waals surface area contributed by atoms with E-state index in [0.717, 1.165) is 12.4 Å². The second kappa shape index (κ2) is 6.71. The van der Waals surface area contributed by atoms with Gasteiger partial charge in [0.05, 0.1) is 5.56 Å². The maximum Gasteiger partial charge on any atom is 0.449 e. The highest BCUT2D eigenvalue weighted by Crippen LogP contribution is 2.29. The van der Waals surface area contributed by atoms with E-state index in [1.807, 2.05) is 10.3 Å². The standard InChI is InChI=1S/C14H8F5N7O2/c15-5-2-1-4(9(20)27)6(16)7(5)24-13(28)26-11-8-10(21-3-22-11)25-12(23-8)14(17,18)19/h1-3H,(H2,20,27)(H3,21,22,23,24,25,26,28). The first kappa shape index (κ1) is 18.9. The van der Waals surface area contributed by atoms with Crippen LogP contribution >= 0.6 is 0 Å². The quantitative estimate of drug-likeness (QED) is 0.499. The number of urea groups is 1. The molecule has 2 heterocycles. The van der Waals surface area contributed by atoms with Crippen molar-refractivity contribution >= 4 is 34.6 Å². The molecule has 1 aromatic carbocycles. The molecule has 3 rings (SSSR count). The largest absolute Gasteiger partial charge is 0.449 e. The van der Waals surface area contributed by atoms with Gasteiger partial charge in [-0.2, -0.15) is 13.2 Å². The first-order chi connectivity index (χ1) is 13.1. The van der Waals surface area contributed by atoms with Crippen LogP contribution in [0.3, 0.4) is 0 Å². The Hall–Kier alpha value is -3.84. The summed E-state index contributed by atoms with van der Waals surface area (Å²) in [6.45, 7) is 0. The Morgan fingerprint density at radius 3 is 2.46 bits per heavy atom. The molecule has 3 amide bonds. The number of primary amides is 1. The van der Waals surface area contributed by atoms with Crippen LogP contribution in [-0.4, -0.2) is 31.9 Å². The van der Waals surface area contributed by atoms with Gasteiger partial charge in [0, 0.05) is 0 Å². The predicted molar refractivity (Wildman–Crippen MR) is 84.2 cm³/mol. The lowest BCUT2D eigenvalue weighted by Crippen LogP contribution is -2.23. The number of halogens is 5. The number of hydrogen-bond acceptors (Lipinski definition) is 5. The smallest absolute Gasteiger partial charge is 0.366 e. The van der Waals surface area contributed by atoms with Gasteiger partial charge in [0.2, 0.25) is 5.82 Å². The Balaban J connectivity index is 1.90. The van der Waals surface area contributed by atoms with E-state index in [2.05, 4.69) is 15.0 Å². The van der Waals surface area contributed by atoms with E-state index < -0.39 is 58.2 Å². The molecule has 0 radical (unpaired) electrons. The number of nitrogens with two attached hydrogens (primary N) is 1. The number of aromatic nitrogens is 4. The first-order valence-electron chi connectivity index (χ1n) is 7.21. The molecule has 0 unspecified atom stereocenters. The fourth-order valence-electron chi connectivity index (χ4n) is 2.16. The lowest BCUT2D eigenvalue weighted by Gasteiger charge is -2.10. The van der Waals surface area contributed by atoms with Gasteiger partial charge in [0.25, 0.3) is 5.91 Å². The number of aromatic amines is 1. The van der Waals surface area contributed by atoms with Crippen molar-refractivity contribution in [2.24, 2.45) is 5.73 Å². The Bertz CT molecular complexity index is 1100. The molecule has 0 fully saturated rings. The van der Waals surface area contributed by atoms with Crippen molar-refractivity contribution in [1.82, 2.24) is 19.9 Å². The maximum atomic E-state index is 14.1. The molecule has 0 bridgehead atoms. The van der Waals surface area contributed by atoms with Gasteiger partial charge < -0.3 is 16.0 Å². The summed E-state index contributed by atoms with van der Waals surface area (Å²) in [5, 5.41) is 3.80. The van der Waals surface area contributed by atoms with Crippen molar-refractivity contribution in [1.29, 1.82) is 0 Å². The number of rotatable bonds is 3. The zero-order valence-corrected chi connectivity index (χ0v) is 13.4. The molecule has 28 heavy (non-hydrogen) atoms. The van der Waals surface area contributed by atoms with E-state index in [9.17, 15) is 31.5 Å². The van der Waals surface area contributed by atoms with Crippen molar-refractivity contribution in [2.75, 3.05) is 10.6 Å². The topological polar surface area (TPSA) is 139 Å². The summed E-state index contributed by atoms with van der Waals surface area (Å²) < 4.78 is 66.1. The van der Waals surface area contributed by atoms with Gasteiger partial charge in [-0.05, 0) is 12.1 Å². The molecule has 5 N–H and O–H groups in total. The van der Waals surface area contributed by atoms with Crippen LogP contribution in [0.4, 0.5) is 38.3 Å². The van der Waals surface area contributed by atoms with Crippen molar-refractivity contribution in [2.45, 2.75) is 6.18 Å². The van der Waals surface area contributed by atoms with E-state index in [0.29, 0.717) is 6.07 Å². The minimum absolute atomic E-state index is 0.328. The number of amides is 3. The predicted octanol–water partition coefficient (Wildman–Crippen LogP) is 2.39. The van der Waals surface area contributed by atoms with Crippen LogP contribution in [0.1, 0.15) is 16.2 Å². The normalized spacial score (nSPS) is 11.5. The summed E-state index contributed by atoms with van der Waals surface area (Å²) in [4.78, 5) is 35.4. The molecule has 2 aromatic heterocycles. The lowest BCUT2D eigenvalue weighted by molar-refractivity contribution is -0.144. The first-order valence-corrected chi connectivity index (χ1v) is 7.21. The van der Waals surface area contributed by atoms with Crippen LogP contribution in [0, 0.1) is 11.6 Å². The summed E-state index contributed by atoms with van der Waals surface area (Å²) in [7, 11) is 0. The van der Waals surface area contributed by atoms with Crippen LogP contribution in [-0.2, 0) is 6.18 Å². The van der Waals surface area contributed by atoms with Gasteiger partial charge in [-0.1, -0.05) is 0 Å². The maximum absolute atomic E-state index is 14.1. The highest BCUT2D eigenvalue weighted by molar-refractivity contribution is 6.04. The second-order valence-corrected chi connectivity index (χ2v) is 5.23. The average Bonchev–Trinajstić information content (AvgIpc) is 3.04. The molecule has 0 atom stereocenters. The van der Waals surface area contributed by atoms with Crippen LogP contribution < -0.4 is 16.4 Å². The number of anilines is 2. The fourth-order valence-corrected chi connectivity index (χ4v) is 2.16. The number of carbonyl (C=O) groups excluding carboxylic acids is 2. The minimum atomic E-state index is -4.80. The molecule has 0 aliphatic carbocycles. The van der Waals surface area contributed by atoms with E-state index in [-0.39, 0.29) is 5.65 Å². The van der Waals surface area contributed by atoms with Crippen molar-refractivity contribution in [3.8, 4) is 0 Å². The molecule has 0 aliphatic heterocycles. The van der Waals surface area contributed by atoms with E-state index in [1.54, 1.807) is 5.32 Å². The SMILES string of the molecule is NC(=O)c1ccc(F)c(NC(=O)Nc2ncnc3[nH]c(C(F)(F)F)nc23)c1F. The Kier molecular flexibility index (Phi) is 4.54. The van der Waals surface area contributed by atoms with Gasteiger partial charge >= 0.3 is 12.2 Å². The molecule has 14 heteroatoms. The monoisotopic (exact) mass is 401 g/mol. The lowest BCUT2D eigenvalue weighted by atomic mass is 10.1. The van der Waals surface area contributed by atoms with Gasteiger partial charge in [-0.15, -0.1) is 0 Å². The zero-order chi connectivity index (χ0) is 20.6. The van der Waals surface area contributed by atoms with E-state index in [1.165, 1.54) is 0 Å². The Morgan fingerprint density at radius 2 is 1.82 bits per heavy atom. The summed E-state index contributed by atoms with van der Waals surface area (Å²) >= 11 is 0. The number of imidazole rings is 1. The number of carbonyl (C=O) groups is 2. The minimum Gasteiger partial charge on any atom is -0.366 e. The van der Waals surface area contributed by atoms with Crippen molar-refractivity contribution in [3.05, 3.63) is 41.5 Å². The molecular weight excluding hydrogens is 393 g/mol. The number of nitrogens with zero attached hydrogens (tertiary/aromatic N) is 3. The van der Waals surface area contributed by atoms with Crippen molar-refractivity contribution < 1.29 is 31.5 Å². The van der Waals surface area contributed by atoms with E-state index in [4.69, 9.17) is 5.73 Å². The molecular formula is C14H8F5N7O2. The van der Waals surface area contributed by atoms with Gasteiger partial charge in [0.15, 0.2) is 22.8 Å². The summed E-state index contributed by atoms with van der Waals surface area (Å²) in [6.07, 6.45) is -3.97. The zero-order valence-electron chi connectivity index (χ0n) is 13.4. The summed E-state index contributed by atoms with van der Waals surface area (Å²) in [5.74, 6) is -5.67. The van der Waals surface area contributed by atoms with Gasteiger partial charge in [-0.3, -0.25) is 10.1 Å². The number of H-pyrrole nitrogens is 1.